The van der Waals surface area contributed by atoms with Gasteiger partial charge in [0.1, 0.15) is 5.75 Å². The molecule has 1 heteroatoms. The molecule has 1 nitrogen and oxygen atoms in total. The van der Waals surface area contributed by atoms with Gasteiger partial charge in [-0.25, -0.2) is 0 Å². The molecule has 2 aliphatic rings. The van der Waals surface area contributed by atoms with Crippen molar-refractivity contribution in [1.82, 2.24) is 0 Å². The van der Waals surface area contributed by atoms with Crippen LogP contribution in [0.2, 0.25) is 0 Å². The third-order valence-corrected chi connectivity index (χ3v) is 5.76. The van der Waals surface area contributed by atoms with E-state index in [9.17, 15) is 5.11 Å². The minimum Gasteiger partial charge on any atom is -0.508 e. The van der Waals surface area contributed by atoms with Crippen LogP contribution in [0.5, 0.6) is 5.75 Å². The van der Waals surface area contributed by atoms with Crippen molar-refractivity contribution in [1.29, 1.82) is 0 Å². The Kier molecular flexibility index (Phi) is 2.69. The van der Waals surface area contributed by atoms with E-state index < -0.39 is 0 Å². The second-order valence-electron chi connectivity index (χ2n) is 7.01. The molecule has 3 unspecified atom stereocenters. The largest absolute Gasteiger partial charge is 0.508 e. The molecule has 1 aromatic carbocycles. The Hall–Kier alpha value is -0.980. The second kappa shape index (κ2) is 4.01. The van der Waals surface area contributed by atoms with Crippen LogP contribution in [0.4, 0.5) is 0 Å². The first-order valence-corrected chi connectivity index (χ1v) is 7.31. The summed E-state index contributed by atoms with van der Waals surface area (Å²) in [6, 6.07) is 6.02. The van der Waals surface area contributed by atoms with Gasteiger partial charge in [0.05, 0.1) is 0 Å². The lowest BCUT2D eigenvalue weighted by molar-refractivity contribution is 0.0599. The lowest BCUT2D eigenvalue weighted by Gasteiger charge is -2.49. The number of phenolic OH excluding ortho intramolecular Hbond substituents is 1. The summed E-state index contributed by atoms with van der Waals surface area (Å²) in [7, 11) is 0. The highest BCUT2D eigenvalue weighted by Crippen LogP contribution is 2.54. The van der Waals surface area contributed by atoms with E-state index in [0.717, 1.165) is 24.2 Å². The topological polar surface area (TPSA) is 20.2 Å². The quantitative estimate of drug-likeness (QED) is 0.712. The average molecular weight is 244 g/mol. The molecule has 2 aliphatic carbocycles. The van der Waals surface area contributed by atoms with Crippen LogP contribution in [0.3, 0.4) is 0 Å². The highest BCUT2D eigenvalue weighted by molar-refractivity contribution is 5.39. The maximum absolute atomic E-state index is 9.62. The molecule has 18 heavy (non-hydrogen) atoms. The number of benzene rings is 1. The fourth-order valence-electron chi connectivity index (χ4n) is 4.23. The van der Waals surface area contributed by atoms with Gasteiger partial charge >= 0.3 is 0 Å². The molecule has 0 heterocycles. The highest BCUT2D eigenvalue weighted by Gasteiger charge is 2.43. The number of rotatable bonds is 0. The van der Waals surface area contributed by atoms with E-state index in [1.165, 1.54) is 30.4 Å². The van der Waals surface area contributed by atoms with Gasteiger partial charge in [-0.2, -0.15) is 0 Å². The molecule has 0 amide bonds. The number of fused-ring (bicyclic) bond motifs is 3. The Bertz CT molecular complexity index is 461. The van der Waals surface area contributed by atoms with E-state index in [1.54, 1.807) is 0 Å². The summed E-state index contributed by atoms with van der Waals surface area (Å²) < 4.78 is 0. The molecule has 0 aliphatic heterocycles. The van der Waals surface area contributed by atoms with E-state index in [1.807, 2.05) is 12.1 Å². The van der Waals surface area contributed by atoms with Crippen molar-refractivity contribution in [3.63, 3.8) is 0 Å². The van der Waals surface area contributed by atoms with Crippen LogP contribution in [0.15, 0.2) is 18.2 Å². The molecule has 0 bridgehead atoms. The third kappa shape index (κ3) is 1.75. The van der Waals surface area contributed by atoms with Gasteiger partial charge in [0.15, 0.2) is 0 Å². The maximum atomic E-state index is 9.62. The van der Waals surface area contributed by atoms with Gasteiger partial charge in [-0.15, -0.1) is 0 Å². The fourth-order valence-corrected chi connectivity index (χ4v) is 4.23. The third-order valence-electron chi connectivity index (χ3n) is 5.76. The zero-order valence-corrected chi connectivity index (χ0v) is 11.7. The van der Waals surface area contributed by atoms with Crippen molar-refractivity contribution in [2.24, 2.45) is 17.3 Å². The molecular formula is C17H24O. The zero-order valence-electron chi connectivity index (χ0n) is 11.7. The SMILES string of the molecule is CC1C2CCc3cc(O)ccc3C2CCC1(C)C. The summed E-state index contributed by atoms with van der Waals surface area (Å²) in [5, 5.41) is 9.62. The molecule has 1 N–H and O–H groups in total. The first-order valence-electron chi connectivity index (χ1n) is 7.31. The number of aromatic hydroxyl groups is 1. The van der Waals surface area contributed by atoms with Crippen molar-refractivity contribution in [2.75, 3.05) is 0 Å². The fraction of sp³-hybridized carbons (Fsp3) is 0.647. The van der Waals surface area contributed by atoms with E-state index in [-0.39, 0.29) is 0 Å². The van der Waals surface area contributed by atoms with Gasteiger partial charge in [0.2, 0.25) is 0 Å². The minimum absolute atomic E-state index is 0.427. The second-order valence-corrected chi connectivity index (χ2v) is 7.01. The van der Waals surface area contributed by atoms with E-state index in [4.69, 9.17) is 0 Å². The lowest BCUT2D eigenvalue weighted by Crippen LogP contribution is -2.39. The summed E-state index contributed by atoms with van der Waals surface area (Å²) in [5.74, 6) is 2.80. The summed E-state index contributed by atoms with van der Waals surface area (Å²) in [6.45, 7) is 7.31. The van der Waals surface area contributed by atoms with Gasteiger partial charge in [-0.05, 0) is 72.1 Å². The van der Waals surface area contributed by atoms with Crippen molar-refractivity contribution in [3.8, 4) is 5.75 Å². The van der Waals surface area contributed by atoms with Gasteiger partial charge in [0, 0.05) is 0 Å². The monoisotopic (exact) mass is 244 g/mol. The van der Waals surface area contributed by atoms with Crippen LogP contribution in [0.1, 0.15) is 57.1 Å². The van der Waals surface area contributed by atoms with Crippen LogP contribution >= 0.6 is 0 Å². The lowest BCUT2D eigenvalue weighted by atomic mass is 9.56. The molecular weight excluding hydrogens is 220 g/mol. The van der Waals surface area contributed by atoms with Crippen molar-refractivity contribution < 1.29 is 5.11 Å². The minimum atomic E-state index is 0.427. The first-order chi connectivity index (χ1) is 8.49. The number of phenols is 1. The molecule has 1 saturated carbocycles. The van der Waals surface area contributed by atoms with E-state index in [0.29, 0.717) is 11.2 Å². The van der Waals surface area contributed by atoms with E-state index in [2.05, 4.69) is 26.8 Å². The smallest absolute Gasteiger partial charge is 0.115 e. The summed E-state index contributed by atoms with van der Waals surface area (Å²) in [4.78, 5) is 0. The van der Waals surface area contributed by atoms with Crippen LogP contribution in [-0.4, -0.2) is 5.11 Å². The molecule has 3 atom stereocenters. The van der Waals surface area contributed by atoms with Gasteiger partial charge < -0.3 is 5.11 Å². The zero-order chi connectivity index (χ0) is 12.9. The van der Waals surface area contributed by atoms with Crippen molar-refractivity contribution in [2.45, 2.75) is 52.4 Å². The van der Waals surface area contributed by atoms with Crippen LogP contribution in [0, 0.1) is 17.3 Å². The standard InChI is InChI=1S/C17H24O/c1-11-14-6-4-12-10-13(18)5-7-15(12)16(14)8-9-17(11,2)3/h5,7,10-11,14,16,18H,4,6,8-9H2,1-3H3. The molecule has 1 aromatic rings. The number of hydrogen-bond acceptors (Lipinski definition) is 1. The Morgan fingerprint density at radius 3 is 2.78 bits per heavy atom. The molecule has 3 rings (SSSR count). The summed E-state index contributed by atoms with van der Waals surface area (Å²) in [5.41, 5.74) is 3.41. The molecule has 98 valence electrons. The predicted octanol–water partition coefficient (Wildman–Crippen LogP) is 4.49. The van der Waals surface area contributed by atoms with Crippen LogP contribution < -0.4 is 0 Å². The van der Waals surface area contributed by atoms with Gasteiger partial charge in [-0.3, -0.25) is 0 Å². The van der Waals surface area contributed by atoms with Crippen molar-refractivity contribution in [3.05, 3.63) is 29.3 Å². The molecule has 0 spiro atoms. The highest BCUT2D eigenvalue weighted by atomic mass is 16.3. The number of aryl methyl sites for hydroxylation is 1. The van der Waals surface area contributed by atoms with Gasteiger partial charge in [-0.1, -0.05) is 26.8 Å². The summed E-state index contributed by atoms with van der Waals surface area (Å²) >= 11 is 0. The first kappa shape index (κ1) is 12.1. The predicted molar refractivity (Wildman–Crippen MR) is 74.8 cm³/mol. The Morgan fingerprint density at radius 2 is 2.00 bits per heavy atom. The molecule has 1 fully saturated rings. The normalized spacial score (nSPS) is 33.6. The van der Waals surface area contributed by atoms with Crippen molar-refractivity contribution >= 4 is 0 Å². The molecule has 0 radical (unpaired) electrons. The average Bonchev–Trinajstić information content (AvgIpc) is 2.33. The molecule has 0 saturated heterocycles. The number of hydrogen-bond donors (Lipinski definition) is 1. The van der Waals surface area contributed by atoms with E-state index >= 15 is 0 Å². The maximum Gasteiger partial charge on any atom is 0.115 e. The Labute approximate surface area is 110 Å². The molecule has 0 aromatic heterocycles. The summed E-state index contributed by atoms with van der Waals surface area (Å²) in [6.07, 6.45) is 5.09. The van der Waals surface area contributed by atoms with Crippen LogP contribution in [0.25, 0.3) is 0 Å². The van der Waals surface area contributed by atoms with Crippen LogP contribution in [-0.2, 0) is 6.42 Å². The Morgan fingerprint density at radius 1 is 1.22 bits per heavy atom. The Balaban J connectivity index is 1.97. The van der Waals surface area contributed by atoms with Gasteiger partial charge in [0.25, 0.3) is 0 Å².